The first kappa shape index (κ1) is 31.0. The van der Waals surface area contributed by atoms with Crippen LogP contribution in [0.4, 0.5) is 23.2 Å². The number of azide groups is 1. The Kier molecular flexibility index (Phi) is 8.73. The van der Waals surface area contributed by atoms with E-state index >= 15 is 0 Å². The Labute approximate surface area is 215 Å². The number of hydrogen-bond donors (Lipinski definition) is 4. The van der Waals surface area contributed by atoms with Gasteiger partial charge in [0.1, 0.15) is 0 Å². The van der Waals surface area contributed by atoms with E-state index in [1.54, 1.807) is 0 Å². The summed E-state index contributed by atoms with van der Waals surface area (Å²) in [6.45, 7) is -4.01. The fraction of sp³-hybridized carbons (Fsp3) is 0.250. The standard InChI is InChI=1S/C16H11F4N7O12S/c17-9-8(13(23-24-21)12(20)11(19)10(9)18)14(30)22-4-16(40(36,37)38,26-6(28)1-2-7(26)29)5(3-25(32)33)15(31)39-27(34)35/h1-2,5,28-29H,3-4H2,(H,22,30)(H,36,37,38). The molecule has 4 N–H and O–H groups in total. The van der Waals surface area contributed by atoms with Gasteiger partial charge in [0.25, 0.3) is 16.0 Å². The molecule has 216 valence electrons. The van der Waals surface area contributed by atoms with E-state index in [0.717, 1.165) is 0 Å². The molecule has 0 spiro atoms. The predicted molar refractivity (Wildman–Crippen MR) is 113 cm³/mol. The highest BCUT2D eigenvalue weighted by Gasteiger charge is 2.60. The molecule has 0 aliphatic rings. The van der Waals surface area contributed by atoms with E-state index in [-0.39, 0.29) is 4.57 Å². The molecule has 2 rings (SSSR count). The van der Waals surface area contributed by atoms with Crippen LogP contribution in [0.1, 0.15) is 10.4 Å². The van der Waals surface area contributed by atoms with Crippen molar-refractivity contribution in [1.29, 1.82) is 0 Å². The molecule has 2 atom stereocenters. The number of benzene rings is 1. The van der Waals surface area contributed by atoms with Gasteiger partial charge < -0.3 is 15.5 Å². The molecule has 1 aromatic carbocycles. The van der Waals surface area contributed by atoms with Crippen molar-refractivity contribution in [1.82, 2.24) is 9.88 Å². The Morgan fingerprint density at radius 1 is 1.12 bits per heavy atom. The van der Waals surface area contributed by atoms with E-state index in [9.17, 15) is 70.6 Å². The lowest BCUT2D eigenvalue weighted by molar-refractivity contribution is -0.731. The molecule has 1 heterocycles. The van der Waals surface area contributed by atoms with Gasteiger partial charge in [-0.1, -0.05) is 5.11 Å². The molecule has 0 fully saturated rings. The Morgan fingerprint density at radius 3 is 2.10 bits per heavy atom. The van der Waals surface area contributed by atoms with E-state index < -0.39 is 102 Å². The number of hydrogen-bond acceptors (Lipinski definition) is 12. The molecule has 0 radical (unpaired) electrons. The second-order valence-corrected chi connectivity index (χ2v) is 8.92. The van der Waals surface area contributed by atoms with Gasteiger partial charge in [0.15, 0.2) is 40.9 Å². The molecule has 0 aliphatic carbocycles. The van der Waals surface area contributed by atoms with Crippen molar-refractivity contribution in [3.05, 3.63) is 71.6 Å². The molecule has 1 amide bonds. The fourth-order valence-corrected chi connectivity index (χ4v) is 4.70. The van der Waals surface area contributed by atoms with Gasteiger partial charge in [-0.25, -0.2) is 22.4 Å². The third kappa shape index (κ3) is 5.47. The number of nitro groups is 1. The van der Waals surface area contributed by atoms with Crippen molar-refractivity contribution in [2.24, 2.45) is 11.0 Å². The van der Waals surface area contributed by atoms with Gasteiger partial charge in [-0.2, -0.15) is 8.42 Å². The van der Waals surface area contributed by atoms with Gasteiger partial charge >= 0.3 is 11.1 Å². The van der Waals surface area contributed by atoms with Crippen LogP contribution in [-0.2, 0) is 24.6 Å². The summed E-state index contributed by atoms with van der Waals surface area (Å²) in [5.74, 6) is -20.7. The average Bonchev–Trinajstić information content (AvgIpc) is 3.17. The molecule has 24 heteroatoms. The average molecular weight is 601 g/mol. The number of carbonyl (C=O) groups excluding carboxylic acids is 2. The third-order valence-corrected chi connectivity index (χ3v) is 6.61. The summed E-state index contributed by atoms with van der Waals surface area (Å²) in [5.41, 5.74) is 4.77. The fourth-order valence-electron chi connectivity index (χ4n) is 3.50. The number of aromatic nitrogens is 1. The lowest BCUT2D eigenvalue weighted by Gasteiger charge is -2.36. The van der Waals surface area contributed by atoms with E-state index in [2.05, 4.69) is 9.95 Å². The highest BCUT2D eigenvalue weighted by molar-refractivity contribution is 7.86. The Hall–Kier alpha value is -5.22. The number of nitrogens with zero attached hydrogens (tertiary/aromatic N) is 6. The molecule has 2 aromatic rings. The molecular weight excluding hydrogens is 590 g/mol. The number of aromatic hydroxyl groups is 2. The van der Waals surface area contributed by atoms with Crippen molar-refractivity contribution >= 4 is 27.7 Å². The summed E-state index contributed by atoms with van der Waals surface area (Å²) in [4.78, 5) is 47.2. The summed E-state index contributed by atoms with van der Waals surface area (Å²) in [6.07, 6.45) is 0. The molecule has 40 heavy (non-hydrogen) atoms. The zero-order valence-corrected chi connectivity index (χ0v) is 19.6. The summed E-state index contributed by atoms with van der Waals surface area (Å²) < 4.78 is 91.0. The smallest absolute Gasteiger partial charge is 0.317 e. The van der Waals surface area contributed by atoms with Crippen molar-refractivity contribution in [2.75, 3.05) is 13.1 Å². The maximum atomic E-state index is 14.4. The minimum absolute atomic E-state index is 0.339. The number of nitrogens with one attached hydrogen (secondary N) is 1. The Morgan fingerprint density at radius 2 is 1.65 bits per heavy atom. The van der Waals surface area contributed by atoms with E-state index in [0.29, 0.717) is 12.1 Å². The summed E-state index contributed by atoms with van der Waals surface area (Å²) in [6, 6.07) is 0.951. The molecule has 0 saturated heterocycles. The first-order chi connectivity index (χ1) is 18.4. The Balaban J connectivity index is 2.90. The van der Waals surface area contributed by atoms with Crippen LogP contribution >= 0.6 is 0 Å². The van der Waals surface area contributed by atoms with Crippen molar-refractivity contribution in [3.8, 4) is 11.8 Å². The highest BCUT2D eigenvalue weighted by atomic mass is 32.2. The van der Waals surface area contributed by atoms with Crippen molar-refractivity contribution in [3.63, 3.8) is 0 Å². The SMILES string of the molecule is [N-]=[N+]=Nc1c(F)c(F)c(F)c(F)c1C(=O)NCC(C(C[N+](=O)[O-])C(=O)O[N+](=O)[O-])(n1c(O)ccc1O)S(=O)(=O)O. The quantitative estimate of drug-likeness (QED) is 0.0323. The molecule has 0 saturated carbocycles. The van der Waals surface area contributed by atoms with Gasteiger partial charge in [0.05, 0.1) is 17.8 Å². The second-order valence-electron chi connectivity index (χ2n) is 7.26. The second kappa shape index (κ2) is 11.3. The largest absolute Gasteiger partial charge is 0.494 e. The van der Waals surface area contributed by atoms with Crippen LogP contribution in [0.15, 0.2) is 17.2 Å². The topological polar surface area (TPSA) is 290 Å². The lowest BCUT2D eigenvalue weighted by atomic mass is 9.97. The minimum atomic E-state index is -6.24. The van der Waals surface area contributed by atoms with E-state index in [1.165, 1.54) is 5.32 Å². The van der Waals surface area contributed by atoms with Gasteiger partial charge in [-0.3, -0.25) is 28.8 Å². The first-order valence-electron chi connectivity index (χ1n) is 9.66. The highest BCUT2D eigenvalue weighted by Crippen LogP contribution is 2.41. The van der Waals surface area contributed by atoms with Crippen LogP contribution in [-0.4, -0.2) is 62.7 Å². The predicted octanol–water partition coefficient (Wildman–Crippen LogP) is 0.996. The van der Waals surface area contributed by atoms with Crippen LogP contribution in [0.3, 0.4) is 0 Å². The molecule has 2 unspecified atom stereocenters. The van der Waals surface area contributed by atoms with Crippen LogP contribution in [0, 0.1) is 49.4 Å². The number of carbonyl (C=O) groups is 2. The molecular formula is C16H11F4N7O12S. The molecule has 0 aliphatic heterocycles. The van der Waals surface area contributed by atoms with Crippen LogP contribution < -0.4 is 5.32 Å². The zero-order valence-electron chi connectivity index (χ0n) is 18.8. The Bertz CT molecular complexity index is 1560. The summed E-state index contributed by atoms with van der Waals surface area (Å²) in [5, 5.41) is 44.2. The monoisotopic (exact) mass is 601 g/mol. The van der Waals surface area contributed by atoms with Gasteiger partial charge in [-0.15, -0.1) is 10.1 Å². The zero-order chi connectivity index (χ0) is 30.7. The number of rotatable bonds is 11. The number of halogens is 4. The van der Waals surface area contributed by atoms with Gasteiger partial charge in [-0.05, 0) is 5.53 Å². The van der Waals surface area contributed by atoms with Crippen LogP contribution in [0.5, 0.6) is 11.8 Å². The first-order valence-corrected chi connectivity index (χ1v) is 11.1. The summed E-state index contributed by atoms with van der Waals surface area (Å²) in [7, 11) is -6.24. The van der Waals surface area contributed by atoms with Crippen LogP contribution in [0.25, 0.3) is 10.4 Å². The number of amides is 1. The van der Waals surface area contributed by atoms with E-state index in [1.807, 2.05) is 4.91 Å². The van der Waals surface area contributed by atoms with Crippen molar-refractivity contribution < 1.29 is 65.2 Å². The maximum absolute atomic E-state index is 14.4. The van der Waals surface area contributed by atoms with Crippen molar-refractivity contribution in [2.45, 2.75) is 4.87 Å². The normalized spacial score (nSPS) is 13.4. The van der Waals surface area contributed by atoms with Gasteiger partial charge in [0.2, 0.25) is 11.4 Å². The molecule has 0 bridgehead atoms. The molecule has 19 nitrogen and oxygen atoms in total. The summed E-state index contributed by atoms with van der Waals surface area (Å²) >= 11 is 0. The van der Waals surface area contributed by atoms with E-state index in [4.69, 9.17) is 5.53 Å². The van der Waals surface area contributed by atoms with Crippen LogP contribution in [0.2, 0.25) is 0 Å². The minimum Gasteiger partial charge on any atom is -0.494 e. The molecule has 1 aromatic heterocycles. The lowest BCUT2D eigenvalue weighted by Crippen LogP contribution is -2.59. The maximum Gasteiger partial charge on any atom is 0.317 e. The van der Waals surface area contributed by atoms with Gasteiger partial charge in [0, 0.05) is 22.0 Å². The third-order valence-electron chi connectivity index (χ3n) is 5.11.